The SMILES string of the molecule is CC(C#N)S(=O)(=O)NCc1cccc(Br)c1. The molecule has 0 bridgehead atoms. The van der Waals surface area contributed by atoms with Gasteiger partial charge in [0.05, 0.1) is 6.07 Å². The Balaban J connectivity index is 2.69. The van der Waals surface area contributed by atoms with Gasteiger partial charge in [-0.2, -0.15) is 5.26 Å². The van der Waals surface area contributed by atoms with Gasteiger partial charge in [0.25, 0.3) is 0 Å². The third-order valence-electron chi connectivity index (χ3n) is 2.01. The Hall–Kier alpha value is -0.900. The second kappa shape index (κ2) is 5.43. The van der Waals surface area contributed by atoms with Crippen LogP contribution in [0.25, 0.3) is 0 Å². The fraction of sp³-hybridized carbons (Fsp3) is 0.300. The number of rotatable bonds is 4. The van der Waals surface area contributed by atoms with E-state index in [1.807, 2.05) is 24.3 Å². The van der Waals surface area contributed by atoms with E-state index in [0.717, 1.165) is 10.0 Å². The zero-order valence-corrected chi connectivity index (χ0v) is 11.0. The Labute approximate surface area is 103 Å². The van der Waals surface area contributed by atoms with Crippen LogP contribution in [-0.2, 0) is 16.6 Å². The molecule has 1 N–H and O–H groups in total. The average molecular weight is 303 g/mol. The van der Waals surface area contributed by atoms with Crippen molar-refractivity contribution in [3.63, 3.8) is 0 Å². The number of benzene rings is 1. The van der Waals surface area contributed by atoms with Gasteiger partial charge in [-0.1, -0.05) is 28.1 Å². The maximum absolute atomic E-state index is 11.5. The highest BCUT2D eigenvalue weighted by Gasteiger charge is 2.19. The van der Waals surface area contributed by atoms with Gasteiger partial charge in [0.2, 0.25) is 10.0 Å². The van der Waals surface area contributed by atoms with Crippen LogP contribution >= 0.6 is 15.9 Å². The van der Waals surface area contributed by atoms with E-state index < -0.39 is 15.3 Å². The molecule has 1 rings (SSSR count). The molecule has 0 aliphatic heterocycles. The number of nitrogens with one attached hydrogen (secondary N) is 1. The second-order valence-corrected chi connectivity index (χ2v) is 6.27. The van der Waals surface area contributed by atoms with Gasteiger partial charge in [0.1, 0.15) is 0 Å². The number of nitriles is 1. The van der Waals surface area contributed by atoms with Crippen LogP contribution < -0.4 is 4.72 Å². The summed E-state index contributed by atoms with van der Waals surface area (Å²) in [5, 5.41) is 7.49. The lowest BCUT2D eigenvalue weighted by molar-refractivity contribution is 0.577. The molecule has 0 aromatic heterocycles. The topological polar surface area (TPSA) is 70.0 Å². The minimum absolute atomic E-state index is 0.188. The van der Waals surface area contributed by atoms with Gasteiger partial charge in [-0.05, 0) is 24.6 Å². The lowest BCUT2D eigenvalue weighted by Crippen LogP contribution is -2.31. The molecule has 1 aromatic carbocycles. The van der Waals surface area contributed by atoms with Crippen LogP contribution in [0.5, 0.6) is 0 Å². The van der Waals surface area contributed by atoms with Crippen LogP contribution in [0.2, 0.25) is 0 Å². The lowest BCUT2D eigenvalue weighted by atomic mass is 10.2. The summed E-state index contributed by atoms with van der Waals surface area (Å²) >= 11 is 3.30. The fourth-order valence-corrected chi connectivity index (χ4v) is 2.23. The highest BCUT2D eigenvalue weighted by Crippen LogP contribution is 2.11. The van der Waals surface area contributed by atoms with E-state index in [1.54, 1.807) is 6.07 Å². The van der Waals surface area contributed by atoms with Crippen molar-refractivity contribution in [3.8, 4) is 6.07 Å². The van der Waals surface area contributed by atoms with E-state index >= 15 is 0 Å². The summed E-state index contributed by atoms with van der Waals surface area (Å²) in [5.74, 6) is 0. The monoisotopic (exact) mass is 302 g/mol. The molecule has 0 saturated heterocycles. The first-order chi connectivity index (χ1) is 7.45. The molecule has 0 spiro atoms. The summed E-state index contributed by atoms with van der Waals surface area (Å²) in [6.45, 7) is 1.54. The molecule has 1 atom stereocenters. The summed E-state index contributed by atoms with van der Waals surface area (Å²) < 4.78 is 26.2. The van der Waals surface area contributed by atoms with Crippen molar-refractivity contribution in [2.75, 3.05) is 0 Å². The summed E-state index contributed by atoms with van der Waals surface area (Å²) in [7, 11) is -3.55. The highest BCUT2D eigenvalue weighted by molar-refractivity contribution is 9.10. The van der Waals surface area contributed by atoms with Crippen LogP contribution in [0.3, 0.4) is 0 Å². The summed E-state index contributed by atoms with van der Waals surface area (Å²) in [6, 6.07) is 9.00. The third-order valence-corrected chi connectivity index (χ3v) is 4.09. The first-order valence-electron chi connectivity index (χ1n) is 4.58. The van der Waals surface area contributed by atoms with E-state index in [4.69, 9.17) is 5.26 Å². The minimum Gasteiger partial charge on any atom is -0.211 e. The molecule has 0 heterocycles. The summed E-state index contributed by atoms with van der Waals surface area (Å²) in [6.07, 6.45) is 0. The number of nitrogens with zero attached hydrogens (tertiary/aromatic N) is 1. The normalized spacial score (nSPS) is 13.1. The zero-order chi connectivity index (χ0) is 12.2. The molecule has 16 heavy (non-hydrogen) atoms. The van der Waals surface area contributed by atoms with E-state index in [0.29, 0.717) is 0 Å². The molecule has 1 aromatic rings. The predicted octanol–water partition coefficient (Wildman–Crippen LogP) is 1.78. The molecule has 0 aliphatic rings. The number of halogens is 1. The third kappa shape index (κ3) is 3.59. The van der Waals surface area contributed by atoms with E-state index in [-0.39, 0.29) is 6.54 Å². The highest BCUT2D eigenvalue weighted by atomic mass is 79.9. The number of hydrogen-bond donors (Lipinski definition) is 1. The fourth-order valence-electron chi connectivity index (χ4n) is 1.03. The number of hydrogen-bond acceptors (Lipinski definition) is 3. The van der Waals surface area contributed by atoms with Crippen molar-refractivity contribution in [2.45, 2.75) is 18.7 Å². The predicted molar refractivity (Wildman–Crippen MR) is 65.0 cm³/mol. The van der Waals surface area contributed by atoms with E-state index in [2.05, 4.69) is 20.7 Å². The first kappa shape index (κ1) is 13.2. The Morgan fingerprint density at radius 1 is 1.56 bits per heavy atom. The Morgan fingerprint density at radius 3 is 2.81 bits per heavy atom. The largest absolute Gasteiger partial charge is 0.227 e. The van der Waals surface area contributed by atoms with Gasteiger partial charge in [-0.15, -0.1) is 0 Å². The van der Waals surface area contributed by atoms with Crippen LogP contribution in [0.4, 0.5) is 0 Å². The van der Waals surface area contributed by atoms with Crippen molar-refractivity contribution < 1.29 is 8.42 Å². The van der Waals surface area contributed by atoms with Crippen LogP contribution in [0.15, 0.2) is 28.7 Å². The summed E-state index contributed by atoms with van der Waals surface area (Å²) in [4.78, 5) is 0. The Bertz CT molecular complexity index is 508. The Morgan fingerprint density at radius 2 is 2.25 bits per heavy atom. The van der Waals surface area contributed by atoms with Crippen molar-refractivity contribution in [1.29, 1.82) is 5.26 Å². The average Bonchev–Trinajstić information content (AvgIpc) is 2.25. The molecule has 0 radical (unpaired) electrons. The summed E-state index contributed by atoms with van der Waals surface area (Å²) in [5.41, 5.74) is 0.836. The molecule has 1 unspecified atom stereocenters. The van der Waals surface area contributed by atoms with Gasteiger partial charge < -0.3 is 0 Å². The van der Waals surface area contributed by atoms with Crippen LogP contribution in [0.1, 0.15) is 12.5 Å². The van der Waals surface area contributed by atoms with Crippen molar-refractivity contribution >= 4 is 26.0 Å². The van der Waals surface area contributed by atoms with Crippen molar-refractivity contribution in [2.24, 2.45) is 0 Å². The molecule has 4 nitrogen and oxygen atoms in total. The molecular formula is C10H11BrN2O2S. The van der Waals surface area contributed by atoms with Crippen LogP contribution in [0, 0.1) is 11.3 Å². The van der Waals surface area contributed by atoms with Gasteiger partial charge >= 0.3 is 0 Å². The van der Waals surface area contributed by atoms with Crippen molar-refractivity contribution in [1.82, 2.24) is 4.72 Å². The number of sulfonamides is 1. The van der Waals surface area contributed by atoms with Gasteiger partial charge in [0, 0.05) is 11.0 Å². The molecule has 6 heteroatoms. The van der Waals surface area contributed by atoms with Gasteiger partial charge in [0.15, 0.2) is 5.25 Å². The molecular weight excluding hydrogens is 292 g/mol. The first-order valence-corrected chi connectivity index (χ1v) is 6.92. The minimum atomic E-state index is -3.55. The zero-order valence-electron chi connectivity index (χ0n) is 8.64. The molecule has 0 aliphatic carbocycles. The molecule has 86 valence electrons. The molecule has 0 fully saturated rings. The molecule has 0 amide bonds. The van der Waals surface area contributed by atoms with Gasteiger partial charge in [-0.25, -0.2) is 13.1 Å². The maximum Gasteiger partial charge on any atom is 0.227 e. The lowest BCUT2D eigenvalue weighted by Gasteiger charge is -2.07. The smallest absolute Gasteiger partial charge is 0.211 e. The van der Waals surface area contributed by atoms with Crippen LogP contribution in [-0.4, -0.2) is 13.7 Å². The standard InChI is InChI=1S/C10H11BrN2O2S/c1-8(6-12)16(14,15)13-7-9-3-2-4-10(11)5-9/h2-5,8,13H,7H2,1H3. The molecule has 0 saturated carbocycles. The Kier molecular flexibility index (Phi) is 4.47. The quantitative estimate of drug-likeness (QED) is 0.921. The van der Waals surface area contributed by atoms with E-state index in [1.165, 1.54) is 6.92 Å². The maximum atomic E-state index is 11.5. The van der Waals surface area contributed by atoms with E-state index in [9.17, 15) is 8.42 Å². The van der Waals surface area contributed by atoms with Gasteiger partial charge in [-0.3, -0.25) is 0 Å². The van der Waals surface area contributed by atoms with Crippen molar-refractivity contribution in [3.05, 3.63) is 34.3 Å². The second-order valence-electron chi connectivity index (χ2n) is 3.27.